The highest BCUT2D eigenvalue weighted by atomic mass is 19.1. The van der Waals surface area contributed by atoms with Crippen LogP contribution in [0, 0.1) is 12.7 Å². The topological polar surface area (TPSA) is 14.2 Å². The van der Waals surface area contributed by atoms with Gasteiger partial charge in [-0.2, -0.15) is 0 Å². The molecule has 0 bridgehead atoms. The monoisotopic (exact) mass is 283 g/mol. The van der Waals surface area contributed by atoms with Gasteiger partial charge in [0.05, 0.1) is 11.2 Å². The standard InChI is InChI=1S/C18H18FNO/c1-3-20-14(11-16-17(19)8-5-9-18(16)20)12-21-15-7-4-6-13(2)10-15/h4-11H,3,12H2,1-2H3. The Balaban J connectivity index is 1.91. The molecule has 0 saturated heterocycles. The molecular weight excluding hydrogens is 265 g/mol. The minimum absolute atomic E-state index is 0.184. The van der Waals surface area contributed by atoms with Crippen LogP contribution in [-0.2, 0) is 13.2 Å². The normalized spacial score (nSPS) is 11.0. The summed E-state index contributed by atoms with van der Waals surface area (Å²) in [5.41, 5.74) is 3.06. The van der Waals surface area contributed by atoms with Crippen molar-refractivity contribution in [3.8, 4) is 5.75 Å². The molecule has 0 saturated carbocycles. The van der Waals surface area contributed by atoms with Crippen LogP contribution in [0.1, 0.15) is 18.2 Å². The minimum atomic E-state index is -0.184. The number of nitrogens with zero attached hydrogens (tertiary/aromatic N) is 1. The Labute approximate surface area is 123 Å². The molecule has 21 heavy (non-hydrogen) atoms. The first kappa shape index (κ1) is 13.7. The van der Waals surface area contributed by atoms with Crippen molar-refractivity contribution in [2.24, 2.45) is 0 Å². The number of hydrogen-bond donors (Lipinski definition) is 0. The summed E-state index contributed by atoms with van der Waals surface area (Å²) in [7, 11) is 0. The smallest absolute Gasteiger partial charge is 0.132 e. The molecule has 0 atom stereocenters. The summed E-state index contributed by atoms with van der Waals surface area (Å²) in [6, 6.07) is 15.0. The zero-order valence-electron chi connectivity index (χ0n) is 12.3. The Morgan fingerprint density at radius 1 is 1.10 bits per heavy atom. The number of benzene rings is 2. The highest BCUT2D eigenvalue weighted by Gasteiger charge is 2.11. The number of aryl methyl sites for hydroxylation is 2. The van der Waals surface area contributed by atoms with E-state index in [1.54, 1.807) is 6.07 Å². The lowest BCUT2D eigenvalue weighted by atomic mass is 10.2. The molecule has 2 nitrogen and oxygen atoms in total. The van der Waals surface area contributed by atoms with Crippen LogP contribution < -0.4 is 4.74 Å². The third kappa shape index (κ3) is 2.64. The molecule has 3 rings (SSSR count). The average molecular weight is 283 g/mol. The Kier molecular flexibility index (Phi) is 3.65. The molecule has 0 spiro atoms. The first-order chi connectivity index (χ1) is 10.2. The van der Waals surface area contributed by atoms with Crippen LogP contribution in [0.15, 0.2) is 48.5 Å². The van der Waals surface area contributed by atoms with Crippen molar-refractivity contribution in [3.05, 3.63) is 65.6 Å². The molecule has 0 aliphatic heterocycles. The molecular formula is C18H18FNO. The van der Waals surface area contributed by atoms with E-state index in [0.29, 0.717) is 12.0 Å². The summed E-state index contributed by atoms with van der Waals surface area (Å²) >= 11 is 0. The number of fused-ring (bicyclic) bond motifs is 1. The number of halogens is 1. The molecule has 1 aromatic heterocycles. The molecule has 0 aliphatic carbocycles. The summed E-state index contributed by atoms with van der Waals surface area (Å²) < 4.78 is 21.8. The molecule has 3 heteroatoms. The Morgan fingerprint density at radius 3 is 2.67 bits per heavy atom. The second-order valence-corrected chi connectivity index (χ2v) is 5.16. The van der Waals surface area contributed by atoms with E-state index in [1.165, 1.54) is 6.07 Å². The third-order valence-corrected chi connectivity index (χ3v) is 3.67. The maximum Gasteiger partial charge on any atom is 0.132 e. The fourth-order valence-electron chi connectivity index (χ4n) is 2.66. The van der Waals surface area contributed by atoms with Gasteiger partial charge in [-0.3, -0.25) is 0 Å². The molecule has 108 valence electrons. The van der Waals surface area contributed by atoms with Gasteiger partial charge >= 0.3 is 0 Å². The zero-order chi connectivity index (χ0) is 14.8. The summed E-state index contributed by atoms with van der Waals surface area (Å²) in [6.07, 6.45) is 0. The van der Waals surface area contributed by atoms with E-state index in [0.717, 1.165) is 29.1 Å². The van der Waals surface area contributed by atoms with Gasteiger partial charge in [-0.25, -0.2) is 4.39 Å². The van der Waals surface area contributed by atoms with Gasteiger partial charge in [-0.15, -0.1) is 0 Å². The second kappa shape index (κ2) is 5.60. The van der Waals surface area contributed by atoms with Crippen LogP contribution in [0.2, 0.25) is 0 Å². The Hall–Kier alpha value is -2.29. The summed E-state index contributed by atoms with van der Waals surface area (Å²) in [6.45, 7) is 5.32. The summed E-state index contributed by atoms with van der Waals surface area (Å²) in [4.78, 5) is 0. The first-order valence-electron chi connectivity index (χ1n) is 7.15. The van der Waals surface area contributed by atoms with Crippen molar-refractivity contribution < 1.29 is 9.13 Å². The van der Waals surface area contributed by atoms with Gasteiger partial charge in [-0.1, -0.05) is 18.2 Å². The van der Waals surface area contributed by atoms with Crippen LogP contribution in [0.4, 0.5) is 4.39 Å². The second-order valence-electron chi connectivity index (χ2n) is 5.16. The highest BCUT2D eigenvalue weighted by molar-refractivity contribution is 5.82. The van der Waals surface area contributed by atoms with Crippen molar-refractivity contribution in [1.82, 2.24) is 4.57 Å². The third-order valence-electron chi connectivity index (χ3n) is 3.67. The van der Waals surface area contributed by atoms with Crippen LogP contribution in [0.5, 0.6) is 5.75 Å². The van der Waals surface area contributed by atoms with E-state index < -0.39 is 0 Å². The molecule has 2 aromatic carbocycles. The van der Waals surface area contributed by atoms with Gasteiger partial charge in [0.25, 0.3) is 0 Å². The Morgan fingerprint density at radius 2 is 1.90 bits per heavy atom. The highest BCUT2D eigenvalue weighted by Crippen LogP contribution is 2.24. The predicted octanol–water partition coefficient (Wildman–Crippen LogP) is 4.69. The summed E-state index contributed by atoms with van der Waals surface area (Å²) in [5.74, 6) is 0.653. The minimum Gasteiger partial charge on any atom is -0.487 e. The van der Waals surface area contributed by atoms with E-state index >= 15 is 0 Å². The van der Waals surface area contributed by atoms with Gasteiger partial charge in [-0.05, 0) is 49.7 Å². The van der Waals surface area contributed by atoms with Crippen molar-refractivity contribution in [1.29, 1.82) is 0 Å². The molecule has 0 N–H and O–H groups in total. The zero-order valence-corrected chi connectivity index (χ0v) is 12.3. The molecule has 0 fully saturated rings. The maximum atomic E-state index is 13.9. The average Bonchev–Trinajstić information content (AvgIpc) is 2.84. The number of rotatable bonds is 4. The fraction of sp³-hybridized carbons (Fsp3) is 0.222. The van der Waals surface area contributed by atoms with E-state index in [9.17, 15) is 4.39 Å². The summed E-state index contributed by atoms with van der Waals surface area (Å²) in [5, 5.41) is 0.655. The van der Waals surface area contributed by atoms with Gasteiger partial charge in [0.2, 0.25) is 0 Å². The molecule has 1 heterocycles. The number of aromatic nitrogens is 1. The lowest BCUT2D eigenvalue weighted by Crippen LogP contribution is -2.04. The molecule has 3 aromatic rings. The lowest BCUT2D eigenvalue weighted by Gasteiger charge is -2.10. The van der Waals surface area contributed by atoms with Gasteiger partial charge in [0.1, 0.15) is 18.2 Å². The van der Waals surface area contributed by atoms with Crippen molar-refractivity contribution in [2.45, 2.75) is 27.0 Å². The van der Waals surface area contributed by atoms with E-state index in [4.69, 9.17) is 4.74 Å². The van der Waals surface area contributed by atoms with Crippen molar-refractivity contribution >= 4 is 10.9 Å². The molecule has 0 radical (unpaired) electrons. The van der Waals surface area contributed by atoms with Crippen LogP contribution >= 0.6 is 0 Å². The van der Waals surface area contributed by atoms with Gasteiger partial charge < -0.3 is 9.30 Å². The van der Waals surface area contributed by atoms with Crippen LogP contribution in [-0.4, -0.2) is 4.57 Å². The first-order valence-corrected chi connectivity index (χ1v) is 7.15. The van der Waals surface area contributed by atoms with Gasteiger partial charge in [0, 0.05) is 11.9 Å². The Bertz CT molecular complexity index is 776. The van der Waals surface area contributed by atoms with E-state index in [1.807, 2.05) is 43.3 Å². The van der Waals surface area contributed by atoms with Crippen LogP contribution in [0.25, 0.3) is 10.9 Å². The van der Waals surface area contributed by atoms with Gasteiger partial charge in [0.15, 0.2) is 0 Å². The van der Waals surface area contributed by atoms with Crippen molar-refractivity contribution in [2.75, 3.05) is 0 Å². The predicted molar refractivity (Wildman–Crippen MR) is 83.1 cm³/mol. The molecule has 0 amide bonds. The maximum absolute atomic E-state index is 13.9. The molecule has 0 unspecified atom stereocenters. The quantitative estimate of drug-likeness (QED) is 0.677. The lowest BCUT2D eigenvalue weighted by molar-refractivity contribution is 0.296. The SMILES string of the molecule is CCn1c(COc2cccc(C)c2)cc2c(F)cccc21. The number of ether oxygens (including phenoxy) is 1. The van der Waals surface area contributed by atoms with E-state index in [-0.39, 0.29) is 5.82 Å². The van der Waals surface area contributed by atoms with Crippen molar-refractivity contribution in [3.63, 3.8) is 0 Å². The largest absolute Gasteiger partial charge is 0.487 e. The fourth-order valence-corrected chi connectivity index (χ4v) is 2.66. The van der Waals surface area contributed by atoms with Crippen LogP contribution in [0.3, 0.4) is 0 Å². The molecule has 0 aliphatic rings. The van der Waals surface area contributed by atoms with E-state index in [2.05, 4.69) is 11.5 Å². The number of hydrogen-bond acceptors (Lipinski definition) is 1.